The number of aromatic hydroxyl groups is 1. The molecule has 1 unspecified atom stereocenters. The number of hydrogen-bond acceptors (Lipinski definition) is 14. The number of phenolic OH excluding ortho intramolecular Hbond substituents is 1. The smallest absolute Gasteiger partial charge is 0.297 e. The van der Waals surface area contributed by atoms with Gasteiger partial charge in [-0.15, -0.1) is 10.2 Å². The Morgan fingerprint density at radius 1 is 0.812 bits per heavy atom. The second-order valence-corrected chi connectivity index (χ2v) is 15.3. The van der Waals surface area contributed by atoms with E-state index in [-0.39, 0.29) is 48.7 Å². The second-order valence-electron chi connectivity index (χ2n) is 9.45. The van der Waals surface area contributed by atoms with Crippen molar-refractivity contribution >= 4 is 115 Å². The molecule has 48 heavy (non-hydrogen) atoms. The maximum atomic E-state index is 12.4. The van der Waals surface area contributed by atoms with E-state index in [2.05, 4.69) is 25.5 Å². The van der Waals surface area contributed by atoms with E-state index in [0.717, 1.165) is 48.5 Å². The summed E-state index contributed by atoms with van der Waals surface area (Å²) in [5, 5.41) is 19.3. The lowest BCUT2D eigenvalue weighted by molar-refractivity contribution is 0.472. The van der Waals surface area contributed by atoms with Crippen molar-refractivity contribution in [1.29, 1.82) is 0 Å². The lowest BCUT2D eigenvalue weighted by Gasteiger charge is -2.15. The van der Waals surface area contributed by atoms with Gasteiger partial charge in [-0.3, -0.25) is 13.7 Å². The molecule has 8 N–H and O–H groups in total. The van der Waals surface area contributed by atoms with Crippen LogP contribution < -0.4 is 11.1 Å². The molecule has 0 spiro atoms. The third kappa shape index (κ3) is 6.75. The van der Waals surface area contributed by atoms with Crippen molar-refractivity contribution < 1.29 is 52.8 Å². The number of anilines is 3. The number of fused-ring (bicyclic) bond motifs is 2. The molecule has 0 bridgehead atoms. The number of aromatic nitrogens is 2. The summed E-state index contributed by atoms with van der Waals surface area (Å²) in [4.78, 5) is 4.56. The SMILES string of the molecule is Nc1c(Cl)nc(Nc2cc(S(=O)O)cc3cc(S(=O)(=O)O)c(N=Nc4ccc5c(S(=O)(=O)O)cccc5c4S(=O)(=O)O)c(O)c23)nc1Cl. The third-order valence-corrected chi connectivity index (χ3v) is 10.4. The summed E-state index contributed by atoms with van der Waals surface area (Å²) in [7, 11) is -15.4. The molecule has 5 aromatic rings. The number of nitrogens with one attached hydrogen (secondary N) is 1. The van der Waals surface area contributed by atoms with Crippen molar-refractivity contribution in [2.75, 3.05) is 11.1 Å². The minimum Gasteiger partial charge on any atom is -0.505 e. The van der Waals surface area contributed by atoms with Crippen LogP contribution in [0.5, 0.6) is 5.75 Å². The fraction of sp³-hybridized carbons (Fsp3) is 0. The highest BCUT2D eigenvalue weighted by Crippen LogP contribution is 2.46. The molecule has 252 valence electrons. The minimum atomic E-state index is -5.28. The van der Waals surface area contributed by atoms with E-state index in [1.165, 1.54) is 0 Å². The Kier molecular flexibility index (Phi) is 9.10. The zero-order valence-electron chi connectivity index (χ0n) is 23.0. The van der Waals surface area contributed by atoms with E-state index in [1.54, 1.807) is 0 Å². The fourth-order valence-corrected chi connectivity index (χ4v) is 7.54. The van der Waals surface area contributed by atoms with Gasteiger partial charge in [0.25, 0.3) is 30.4 Å². The molecule has 1 aromatic heterocycles. The van der Waals surface area contributed by atoms with Crippen LogP contribution in [-0.2, 0) is 41.4 Å². The van der Waals surface area contributed by atoms with Gasteiger partial charge >= 0.3 is 0 Å². The molecule has 4 aromatic carbocycles. The van der Waals surface area contributed by atoms with Crippen molar-refractivity contribution in [3.05, 3.63) is 58.8 Å². The largest absolute Gasteiger partial charge is 0.505 e. The summed E-state index contributed by atoms with van der Waals surface area (Å²) in [6, 6.07) is 7.71. The Labute approximate surface area is 281 Å². The molecule has 1 atom stereocenters. The number of halogens is 2. The monoisotopic (exact) mass is 778 g/mol. The van der Waals surface area contributed by atoms with Gasteiger partial charge in [-0.2, -0.15) is 35.2 Å². The normalized spacial score (nSPS) is 13.4. The van der Waals surface area contributed by atoms with Crippen LogP contribution >= 0.6 is 23.2 Å². The average Bonchev–Trinajstić information content (AvgIpc) is 2.96. The number of hydrogen-bond donors (Lipinski definition) is 7. The van der Waals surface area contributed by atoms with Crippen LogP contribution in [0.2, 0.25) is 10.3 Å². The third-order valence-electron chi connectivity index (χ3n) is 6.45. The number of nitrogen functional groups attached to an aromatic ring is 1. The molecule has 0 aliphatic rings. The first-order valence-corrected chi connectivity index (χ1v) is 18.5. The predicted octanol–water partition coefficient (Wildman–Crippen LogP) is 4.86. The van der Waals surface area contributed by atoms with Gasteiger partial charge in [0, 0.05) is 16.2 Å². The number of rotatable bonds is 8. The Bertz CT molecular complexity index is 2580. The first-order chi connectivity index (χ1) is 22.2. The highest BCUT2D eigenvalue weighted by molar-refractivity contribution is 7.86. The molecule has 24 heteroatoms. The van der Waals surface area contributed by atoms with Crippen LogP contribution in [-0.4, -0.2) is 62.7 Å². The molecule has 5 rings (SSSR count). The topological polar surface area (TPSA) is 309 Å². The Balaban J connectivity index is 1.81. The summed E-state index contributed by atoms with van der Waals surface area (Å²) >= 11 is 9.24. The lowest BCUT2D eigenvalue weighted by Crippen LogP contribution is -2.04. The van der Waals surface area contributed by atoms with Crippen molar-refractivity contribution in [3.8, 4) is 5.75 Å². The highest BCUT2D eigenvalue weighted by Gasteiger charge is 2.27. The van der Waals surface area contributed by atoms with Crippen molar-refractivity contribution in [3.63, 3.8) is 0 Å². The van der Waals surface area contributed by atoms with Crippen molar-refractivity contribution in [1.82, 2.24) is 9.97 Å². The summed E-state index contributed by atoms with van der Waals surface area (Å²) < 4.78 is 125. The van der Waals surface area contributed by atoms with Gasteiger partial charge < -0.3 is 20.7 Å². The van der Waals surface area contributed by atoms with Crippen LogP contribution in [0.3, 0.4) is 0 Å². The van der Waals surface area contributed by atoms with Crippen LogP contribution in [0.25, 0.3) is 21.5 Å². The quantitative estimate of drug-likeness (QED) is 0.0479. The van der Waals surface area contributed by atoms with Crippen molar-refractivity contribution in [2.24, 2.45) is 10.2 Å². The van der Waals surface area contributed by atoms with Crippen LogP contribution in [0.4, 0.5) is 28.7 Å². The van der Waals surface area contributed by atoms with Crippen LogP contribution in [0, 0.1) is 0 Å². The van der Waals surface area contributed by atoms with Gasteiger partial charge in [0.1, 0.15) is 31.7 Å². The number of benzene rings is 4. The molecular weight excluding hydrogens is 763 g/mol. The second kappa shape index (κ2) is 12.4. The molecule has 0 aliphatic heterocycles. The molecule has 0 amide bonds. The van der Waals surface area contributed by atoms with E-state index in [1.807, 2.05) is 0 Å². The van der Waals surface area contributed by atoms with E-state index in [9.17, 15) is 52.8 Å². The highest BCUT2D eigenvalue weighted by atomic mass is 35.5. The molecule has 18 nitrogen and oxygen atoms in total. The van der Waals surface area contributed by atoms with E-state index in [4.69, 9.17) is 28.9 Å². The van der Waals surface area contributed by atoms with E-state index < -0.39 is 78.6 Å². The Morgan fingerprint density at radius 3 is 2.00 bits per heavy atom. The fourth-order valence-electron chi connectivity index (χ4n) is 4.51. The van der Waals surface area contributed by atoms with Gasteiger partial charge in [0.2, 0.25) is 5.95 Å². The summed E-state index contributed by atoms with van der Waals surface area (Å²) in [6.45, 7) is 0. The molecular formula is C24H16Cl2N6O12S4. The van der Waals surface area contributed by atoms with E-state index in [0.29, 0.717) is 0 Å². The van der Waals surface area contributed by atoms with Gasteiger partial charge in [0.15, 0.2) is 27.1 Å². The summed E-state index contributed by atoms with van der Waals surface area (Å²) in [5.41, 5.74) is 3.50. The van der Waals surface area contributed by atoms with Crippen LogP contribution in [0.1, 0.15) is 0 Å². The zero-order chi connectivity index (χ0) is 35.5. The number of phenols is 1. The molecule has 0 fully saturated rings. The molecule has 0 aliphatic carbocycles. The Morgan fingerprint density at radius 2 is 1.44 bits per heavy atom. The number of nitrogens with two attached hydrogens (primary N) is 1. The Hall–Kier alpha value is -4.10. The number of azo groups is 1. The van der Waals surface area contributed by atoms with Gasteiger partial charge in [0.05, 0.1) is 10.6 Å². The predicted molar refractivity (Wildman–Crippen MR) is 172 cm³/mol. The van der Waals surface area contributed by atoms with Crippen molar-refractivity contribution in [2.45, 2.75) is 19.6 Å². The molecule has 0 radical (unpaired) electrons. The van der Waals surface area contributed by atoms with Gasteiger partial charge in [-0.25, -0.2) is 4.21 Å². The number of nitrogens with zero attached hydrogens (tertiary/aromatic N) is 4. The molecule has 0 saturated carbocycles. The first kappa shape index (κ1) is 35.2. The summed E-state index contributed by atoms with van der Waals surface area (Å²) in [6.07, 6.45) is 0. The standard InChI is InChI=1S/C24H16Cl2N6O12S4/c25-22-18(27)23(26)30-24(29-22)28-14-8-10(45(34)35)6-9-7-16(47(39,40)41)19(20(33)17(9)14)32-31-13-5-4-11-12(21(13)48(42,43)44)2-1-3-15(11)46(36,37)38/h1-8,33H,27H2,(H,34,35)(H,28,29,30)(H,36,37,38)(H,39,40,41)(H,42,43,44). The minimum absolute atomic E-state index is 0.186. The van der Waals surface area contributed by atoms with Gasteiger partial charge in [-0.1, -0.05) is 41.4 Å². The van der Waals surface area contributed by atoms with Crippen LogP contribution in [0.15, 0.2) is 78.3 Å². The molecule has 1 heterocycles. The van der Waals surface area contributed by atoms with E-state index >= 15 is 0 Å². The first-order valence-electron chi connectivity index (χ1n) is 12.3. The zero-order valence-corrected chi connectivity index (χ0v) is 27.7. The maximum absolute atomic E-state index is 12.4. The van der Waals surface area contributed by atoms with Gasteiger partial charge in [-0.05, 0) is 35.7 Å². The molecule has 0 saturated heterocycles. The average molecular weight is 780 g/mol. The lowest BCUT2D eigenvalue weighted by atomic mass is 10.1. The maximum Gasteiger partial charge on any atom is 0.297 e. The summed E-state index contributed by atoms with van der Waals surface area (Å²) in [5.74, 6) is -1.39.